The van der Waals surface area contributed by atoms with Crippen LogP contribution in [0.1, 0.15) is 90.5 Å². The van der Waals surface area contributed by atoms with Gasteiger partial charge in [0.1, 0.15) is 17.7 Å². The van der Waals surface area contributed by atoms with Gasteiger partial charge in [0.15, 0.2) is 0 Å². The lowest BCUT2D eigenvalue weighted by Crippen LogP contribution is -2.60. The molecular formula is C29H46N4O7. The van der Waals surface area contributed by atoms with Crippen LogP contribution in [0.2, 0.25) is 0 Å². The second kappa shape index (κ2) is 14.7. The van der Waals surface area contributed by atoms with Crippen LogP contribution in [0.4, 0.5) is 4.79 Å². The summed E-state index contributed by atoms with van der Waals surface area (Å²) in [5.41, 5.74) is 5.82. The number of primary amides is 1. The van der Waals surface area contributed by atoms with Crippen molar-refractivity contribution in [2.45, 2.75) is 105 Å². The average molecular weight is 563 g/mol. The summed E-state index contributed by atoms with van der Waals surface area (Å²) in [4.78, 5) is 66.1. The number of hydrogen-bond acceptors (Lipinski definition) is 7. The Kier molecular flexibility index (Phi) is 12.6. The number of nitrogens with zero attached hydrogens (tertiary/aromatic N) is 1. The first-order valence-corrected chi connectivity index (χ1v) is 13.6. The minimum atomic E-state index is -1.39. The molecule has 4 N–H and O–H groups in total. The Balaban J connectivity index is 3.68. The van der Waals surface area contributed by atoms with Gasteiger partial charge in [0.25, 0.3) is 0 Å². The number of nitrogens with two attached hydrogens (primary N) is 1. The van der Waals surface area contributed by atoms with E-state index in [9.17, 15) is 24.0 Å². The quantitative estimate of drug-likeness (QED) is 0.312. The lowest BCUT2D eigenvalue weighted by molar-refractivity contribution is -0.150. The molecule has 224 valence electrons. The molecule has 11 nitrogen and oxygen atoms in total. The Morgan fingerprint density at radius 1 is 1.00 bits per heavy atom. The molecule has 2 unspecified atom stereocenters. The van der Waals surface area contributed by atoms with E-state index >= 15 is 0 Å². The summed E-state index contributed by atoms with van der Waals surface area (Å²) >= 11 is 0. The molecule has 0 saturated carbocycles. The molecule has 0 heterocycles. The van der Waals surface area contributed by atoms with Crippen LogP contribution in [0.15, 0.2) is 18.2 Å². The monoisotopic (exact) mass is 562 g/mol. The molecule has 0 radical (unpaired) electrons. The lowest BCUT2D eigenvalue weighted by atomic mass is 9.88. The van der Waals surface area contributed by atoms with Crippen LogP contribution in [-0.4, -0.2) is 65.0 Å². The Labute approximate surface area is 237 Å². The van der Waals surface area contributed by atoms with Gasteiger partial charge in [0.2, 0.25) is 17.7 Å². The Bertz CT molecular complexity index is 1060. The highest BCUT2D eigenvalue weighted by molar-refractivity contribution is 5.95. The van der Waals surface area contributed by atoms with Crippen molar-refractivity contribution in [2.24, 2.45) is 5.73 Å². The van der Waals surface area contributed by atoms with E-state index in [2.05, 4.69) is 10.6 Å². The molecule has 0 aliphatic rings. The van der Waals surface area contributed by atoms with E-state index in [0.717, 1.165) is 11.1 Å². The number of carbonyl (C=O) groups is 5. The van der Waals surface area contributed by atoms with Crippen LogP contribution >= 0.6 is 0 Å². The highest BCUT2D eigenvalue weighted by Gasteiger charge is 2.44. The highest BCUT2D eigenvalue weighted by Crippen LogP contribution is 2.35. The molecule has 0 saturated heterocycles. The third kappa shape index (κ3) is 10.2. The summed E-state index contributed by atoms with van der Waals surface area (Å²) in [5, 5.41) is 5.25. The second-order valence-electron chi connectivity index (χ2n) is 11.3. The number of carbonyl (C=O) groups excluding carboxylic acids is 5. The molecule has 0 aliphatic heterocycles. The minimum Gasteiger partial charge on any atom is -0.466 e. The smallest absolute Gasteiger partial charge is 0.408 e. The molecule has 4 amide bonds. The zero-order valence-corrected chi connectivity index (χ0v) is 25.3. The van der Waals surface area contributed by atoms with E-state index in [1.807, 2.05) is 39.0 Å². The average Bonchev–Trinajstić information content (AvgIpc) is 2.81. The van der Waals surface area contributed by atoms with Gasteiger partial charge in [0.05, 0.1) is 19.4 Å². The van der Waals surface area contributed by atoms with Gasteiger partial charge < -0.3 is 30.7 Å². The normalized spacial score (nSPS) is 13.0. The first-order valence-electron chi connectivity index (χ1n) is 13.6. The molecule has 1 rings (SSSR count). The van der Waals surface area contributed by atoms with Crippen LogP contribution in [0, 0.1) is 13.8 Å². The predicted octanol–water partition coefficient (Wildman–Crippen LogP) is 3.20. The molecule has 0 fully saturated rings. The Morgan fingerprint density at radius 3 is 2.05 bits per heavy atom. The lowest BCUT2D eigenvalue weighted by Gasteiger charge is -2.45. The molecule has 40 heavy (non-hydrogen) atoms. The van der Waals surface area contributed by atoms with Gasteiger partial charge in [-0.3, -0.25) is 19.2 Å². The highest BCUT2D eigenvalue weighted by atomic mass is 16.6. The molecule has 1 aromatic carbocycles. The van der Waals surface area contributed by atoms with Gasteiger partial charge in [-0.1, -0.05) is 25.1 Å². The van der Waals surface area contributed by atoms with Gasteiger partial charge >= 0.3 is 12.1 Å². The van der Waals surface area contributed by atoms with Crippen LogP contribution in [0.25, 0.3) is 0 Å². The maximum absolute atomic E-state index is 14.3. The van der Waals surface area contributed by atoms with E-state index in [1.54, 1.807) is 41.5 Å². The summed E-state index contributed by atoms with van der Waals surface area (Å²) in [6.45, 7) is 16.0. The number of nitrogens with one attached hydrogen (secondary N) is 2. The third-order valence-corrected chi connectivity index (χ3v) is 6.40. The van der Waals surface area contributed by atoms with Crippen molar-refractivity contribution in [1.29, 1.82) is 0 Å². The van der Waals surface area contributed by atoms with E-state index in [-0.39, 0.29) is 19.6 Å². The molecule has 0 aliphatic carbocycles. The van der Waals surface area contributed by atoms with Crippen molar-refractivity contribution in [3.63, 3.8) is 0 Å². The van der Waals surface area contributed by atoms with Crippen LogP contribution in [-0.2, 0) is 28.7 Å². The SMILES string of the molecule is CCOC(=O)CCNC(=O)C(c1c(C)cccc1C)N(C(=O)C(CC(N)=O)NC(=O)OC(C)(C)C)C(C)(C)CC. The third-order valence-electron chi connectivity index (χ3n) is 6.40. The number of esters is 1. The fourth-order valence-corrected chi connectivity index (χ4v) is 4.22. The summed E-state index contributed by atoms with van der Waals surface area (Å²) in [6, 6.07) is 2.98. The summed E-state index contributed by atoms with van der Waals surface area (Å²) in [6.07, 6.45) is -1.01. The minimum absolute atomic E-state index is 0.00540. The van der Waals surface area contributed by atoms with Crippen LogP contribution < -0.4 is 16.4 Å². The number of ether oxygens (including phenoxy) is 2. The standard InChI is InChI=1S/C29H46N4O7/c1-10-29(8,9)33(26(37)20(17-21(30)34)32-27(38)40-28(5,6)7)24(23-18(3)13-12-14-19(23)4)25(36)31-16-15-22(35)39-11-2/h12-14,20,24H,10-11,15-17H2,1-9H3,(H2,30,34)(H,31,36)(H,32,38). The van der Waals surface area contributed by atoms with Gasteiger partial charge in [-0.15, -0.1) is 0 Å². The van der Waals surface area contributed by atoms with Crippen LogP contribution in [0.3, 0.4) is 0 Å². The molecule has 1 aromatic rings. The van der Waals surface area contributed by atoms with E-state index < -0.39 is 59.4 Å². The van der Waals surface area contributed by atoms with Gasteiger partial charge in [-0.25, -0.2) is 4.79 Å². The zero-order valence-electron chi connectivity index (χ0n) is 25.3. The fraction of sp³-hybridized carbons (Fsp3) is 0.621. The Hall–Kier alpha value is -3.63. The fourth-order valence-electron chi connectivity index (χ4n) is 4.22. The number of rotatable bonds is 13. The summed E-state index contributed by atoms with van der Waals surface area (Å²) in [5.74, 6) is -2.47. The molecule has 11 heteroatoms. The maximum atomic E-state index is 14.3. The van der Waals surface area contributed by atoms with Crippen molar-refractivity contribution >= 4 is 29.8 Å². The zero-order chi connectivity index (χ0) is 30.8. The van der Waals surface area contributed by atoms with Crippen LogP contribution in [0.5, 0.6) is 0 Å². The van der Waals surface area contributed by atoms with E-state index in [1.165, 1.54) is 4.90 Å². The maximum Gasteiger partial charge on any atom is 0.408 e. The number of aryl methyl sites for hydroxylation is 2. The van der Waals surface area contributed by atoms with E-state index in [4.69, 9.17) is 15.2 Å². The molecule has 0 bridgehead atoms. The number of amides is 4. The van der Waals surface area contributed by atoms with Crippen molar-refractivity contribution in [2.75, 3.05) is 13.2 Å². The number of hydrogen-bond donors (Lipinski definition) is 3. The van der Waals surface area contributed by atoms with Crippen molar-refractivity contribution in [3.8, 4) is 0 Å². The van der Waals surface area contributed by atoms with Gasteiger partial charge in [0, 0.05) is 12.1 Å². The Morgan fingerprint density at radius 2 is 1.57 bits per heavy atom. The first-order chi connectivity index (χ1) is 18.4. The molecular weight excluding hydrogens is 516 g/mol. The number of alkyl carbamates (subject to hydrolysis) is 1. The topological polar surface area (TPSA) is 157 Å². The second-order valence-corrected chi connectivity index (χ2v) is 11.3. The van der Waals surface area contributed by atoms with Gasteiger partial charge in [-0.2, -0.15) is 0 Å². The van der Waals surface area contributed by atoms with Gasteiger partial charge in [-0.05, 0) is 78.5 Å². The number of benzene rings is 1. The van der Waals surface area contributed by atoms with Crippen molar-refractivity contribution < 1.29 is 33.4 Å². The van der Waals surface area contributed by atoms with Crippen molar-refractivity contribution in [3.05, 3.63) is 34.9 Å². The molecule has 0 aromatic heterocycles. The van der Waals surface area contributed by atoms with E-state index in [0.29, 0.717) is 12.0 Å². The molecule has 0 spiro atoms. The van der Waals surface area contributed by atoms with Crippen molar-refractivity contribution in [1.82, 2.24) is 15.5 Å². The predicted molar refractivity (Wildman–Crippen MR) is 151 cm³/mol. The first kappa shape index (κ1) is 34.4. The largest absolute Gasteiger partial charge is 0.466 e. The summed E-state index contributed by atoms with van der Waals surface area (Å²) in [7, 11) is 0. The summed E-state index contributed by atoms with van der Waals surface area (Å²) < 4.78 is 10.3. The molecule has 2 atom stereocenters.